The molecule has 1 aliphatic rings. The molecule has 0 saturated heterocycles. The van der Waals surface area contributed by atoms with E-state index < -0.39 is 23.5 Å². The zero-order valence-corrected chi connectivity index (χ0v) is 14.5. The summed E-state index contributed by atoms with van der Waals surface area (Å²) < 4.78 is 0. The van der Waals surface area contributed by atoms with Gasteiger partial charge < -0.3 is 9.80 Å². The number of ketones is 1. The number of benzene rings is 2. The van der Waals surface area contributed by atoms with Crippen molar-refractivity contribution in [1.82, 2.24) is 0 Å². The van der Waals surface area contributed by atoms with E-state index in [-0.39, 0.29) is 0 Å². The standard InChI is InChI=1S/C20H20N2O3/c1-4-13-9-8-12-15-16(13)18(23)17(20(25)22(15)3)19(24)21(2)14-10-6-5-7-11-14/h5-12,17H,4H2,1-3H3. The fraction of sp³-hybridized carbons (Fsp3) is 0.250. The number of aryl methyl sites for hydroxylation is 1. The molecule has 0 bridgehead atoms. The number of carbonyl (C=O) groups excluding carboxylic acids is 3. The van der Waals surface area contributed by atoms with E-state index in [1.807, 2.05) is 25.1 Å². The smallest absolute Gasteiger partial charge is 0.247 e. The van der Waals surface area contributed by atoms with Gasteiger partial charge in [-0.15, -0.1) is 0 Å². The van der Waals surface area contributed by atoms with Gasteiger partial charge in [-0.3, -0.25) is 14.4 Å². The summed E-state index contributed by atoms with van der Waals surface area (Å²) in [6.45, 7) is 1.95. The van der Waals surface area contributed by atoms with Crippen LogP contribution < -0.4 is 9.80 Å². The Morgan fingerprint density at radius 2 is 1.76 bits per heavy atom. The van der Waals surface area contributed by atoms with Crippen molar-refractivity contribution in [2.45, 2.75) is 13.3 Å². The third-order valence-electron chi connectivity index (χ3n) is 4.68. The van der Waals surface area contributed by atoms with Crippen molar-refractivity contribution in [2.75, 3.05) is 23.9 Å². The van der Waals surface area contributed by atoms with E-state index >= 15 is 0 Å². The summed E-state index contributed by atoms with van der Waals surface area (Å²) in [6.07, 6.45) is 0.659. The quantitative estimate of drug-likeness (QED) is 0.810. The average molecular weight is 336 g/mol. The van der Waals surface area contributed by atoms with Crippen LogP contribution in [0.15, 0.2) is 48.5 Å². The van der Waals surface area contributed by atoms with Crippen molar-refractivity contribution in [3.05, 3.63) is 59.7 Å². The Hall–Kier alpha value is -2.95. The summed E-state index contributed by atoms with van der Waals surface area (Å²) in [7, 11) is 3.19. The van der Waals surface area contributed by atoms with E-state index in [0.29, 0.717) is 23.4 Å². The number of hydrogen-bond acceptors (Lipinski definition) is 3. The molecule has 1 unspecified atom stereocenters. The predicted molar refractivity (Wildman–Crippen MR) is 96.9 cm³/mol. The Kier molecular flexibility index (Phi) is 4.40. The zero-order valence-electron chi connectivity index (χ0n) is 14.5. The van der Waals surface area contributed by atoms with Gasteiger partial charge in [-0.05, 0) is 30.2 Å². The number of para-hydroxylation sites is 1. The maximum atomic E-state index is 13.0. The molecule has 128 valence electrons. The number of rotatable bonds is 3. The Labute approximate surface area is 146 Å². The third-order valence-corrected chi connectivity index (χ3v) is 4.68. The van der Waals surface area contributed by atoms with Crippen molar-refractivity contribution in [3.63, 3.8) is 0 Å². The zero-order chi connectivity index (χ0) is 18.1. The van der Waals surface area contributed by atoms with Gasteiger partial charge in [-0.2, -0.15) is 0 Å². The molecule has 0 aliphatic carbocycles. The van der Waals surface area contributed by atoms with E-state index in [2.05, 4.69) is 0 Å². The molecule has 0 N–H and O–H groups in total. The molecule has 3 rings (SSSR count). The molecule has 25 heavy (non-hydrogen) atoms. The van der Waals surface area contributed by atoms with Crippen LogP contribution in [-0.4, -0.2) is 31.7 Å². The lowest BCUT2D eigenvalue weighted by Crippen LogP contribution is -2.50. The fourth-order valence-corrected chi connectivity index (χ4v) is 3.20. The molecule has 5 heteroatoms. The minimum atomic E-state index is -1.34. The van der Waals surface area contributed by atoms with Crippen molar-refractivity contribution in [2.24, 2.45) is 5.92 Å². The molecule has 2 amide bonds. The lowest BCUT2D eigenvalue weighted by Gasteiger charge is -2.32. The van der Waals surface area contributed by atoms with Crippen LogP contribution in [-0.2, 0) is 16.0 Å². The highest BCUT2D eigenvalue weighted by Gasteiger charge is 2.44. The minimum Gasteiger partial charge on any atom is -0.314 e. The van der Waals surface area contributed by atoms with Gasteiger partial charge in [0, 0.05) is 25.3 Å². The number of carbonyl (C=O) groups is 3. The molecule has 2 aromatic carbocycles. The molecule has 2 aromatic rings. The second-order valence-corrected chi connectivity index (χ2v) is 6.09. The highest BCUT2D eigenvalue weighted by Crippen LogP contribution is 2.33. The molecule has 0 aromatic heterocycles. The number of nitrogens with zero attached hydrogens (tertiary/aromatic N) is 2. The number of anilines is 2. The first-order chi connectivity index (χ1) is 12.0. The molecule has 0 saturated carbocycles. The van der Waals surface area contributed by atoms with Crippen molar-refractivity contribution in [1.29, 1.82) is 0 Å². The summed E-state index contributed by atoms with van der Waals surface area (Å²) in [5.74, 6) is -2.75. The molecule has 1 atom stereocenters. The lowest BCUT2D eigenvalue weighted by atomic mass is 9.86. The molecule has 1 aliphatic heterocycles. The number of fused-ring (bicyclic) bond motifs is 1. The van der Waals surface area contributed by atoms with Crippen LogP contribution in [0.25, 0.3) is 0 Å². The molecular formula is C20H20N2O3. The topological polar surface area (TPSA) is 57.7 Å². The van der Waals surface area contributed by atoms with Gasteiger partial charge in [-0.1, -0.05) is 37.3 Å². The first kappa shape index (κ1) is 16.9. The van der Waals surface area contributed by atoms with E-state index in [1.165, 1.54) is 9.80 Å². The Bertz CT molecular complexity index is 845. The number of Topliss-reactive ketones (excluding diaryl/α,β-unsaturated/α-hetero) is 1. The van der Waals surface area contributed by atoms with Gasteiger partial charge in [0.2, 0.25) is 11.8 Å². The molecule has 0 spiro atoms. The Balaban J connectivity index is 2.04. The highest BCUT2D eigenvalue weighted by atomic mass is 16.2. The van der Waals surface area contributed by atoms with Crippen LogP contribution in [0.1, 0.15) is 22.8 Å². The predicted octanol–water partition coefficient (Wildman–Crippen LogP) is 2.69. The molecule has 0 radical (unpaired) electrons. The Morgan fingerprint density at radius 3 is 2.40 bits per heavy atom. The number of hydrogen-bond donors (Lipinski definition) is 0. The lowest BCUT2D eigenvalue weighted by molar-refractivity contribution is -0.130. The monoisotopic (exact) mass is 336 g/mol. The van der Waals surface area contributed by atoms with Crippen LogP contribution in [0.4, 0.5) is 11.4 Å². The molecule has 1 heterocycles. The maximum absolute atomic E-state index is 13.0. The van der Waals surface area contributed by atoms with Crippen LogP contribution in [0.5, 0.6) is 0 Å². The van der Waals surface area contributed by atoms with Crippen molar-refractivity contribution >= 4 is 29.0 Å². The Morgan fingerprint density at radius 1 is 1.08 bits per heavy atom. The van der Waals surface area contributed by atoms with Gasteiger partial charge >= 0.3 is 0 Å². The molecular weight excluding hydrogens is 316 g/mol. The van der Waals surface area contributed by atoms with Crippen molar-refractivity contribution < 1.29 is 14.4 Å². The second-order valence-electron chi connectivity index (χ2n) is 6.09. The van der Waals surface area contributed by atoms with Gasteiger partial charge in [0.1, 0.15) is 0 Å². The average Bonchev–Trinajstić information content (AvgIpc) is 2.65. The van der Waals surface area contributed by atoms with Gasteiger partial charge in [0.05, 0.1) is 5.69 Å². The van der Waals surface area contributed by atoms with Crippen LogP contribution in [0.3, 0.4) is 0 Å². The highest BCUT2D eigenvalue weighted by molar-refractivity contribution is 6.33. The SMILES string of the molecule is CCc1cccc2c1C(=O)C(C(=O)N(C)c1ccccc1)C(=O)N2C. The largest absolute Gasteiger partial charge is 0.314 e. The second kappa shape index (κ2) is 6.51. The summed E-state index contributed by atoms with van der Waals surface area (Å²) in [5, 5.41) is 0. The normalized spacial score (nSPS) is 16.6. The number of amides is 2. The summed E-state index contributed by atoms with van der Waals surface area (Å²) in [4.78, 5) is 41.5. The van der Waals surface area contributed by atoms with Gasteiger partial charge in [-0.25, -0.2) is 0 Å². The van der Waals surface area contributed by atoms with Gasteiger partial charge in [0.15, 0.2) is 11.7 Å². The summed E-state index contributed by atoms with van der Waals surface area (Å²) >= 11 is 0. The van der Waals surface area contributed by atoms with Crippen molar-refractivity contribution in [3.8, 4) is 0 Å². The summed E-state index contributed by atoms with van der Waals surface area (Å²) in [5.41, 5.74) is 2.54. The first-order valence-corrected chi connectivity index (χ1v) is 8.23. The van der Waals surface area contributed by atoms with E-state index in [9.17, 15) is 14.4 Å². The van der Waals surface area contributed by atoms with Crippen LogP contribution in [0.2, 0.25) is 0 Å². The van der Waals surface area contributed by atoms with E-state index in [1.54, 1.807) is 44.4 Å². The van der Waals surface area contributed by atoms with Gasteiger partial charge in [0.25, 0.3) is 0 Å². The van der Waals surface area contributed by atoms with Crippen LogP contribution >= 0.6 is 0 Å². The third kappa shape index (κ3) is 2.71. The summed E-state index contributed by atoms with van der Waals surface area (Å²) in [6, 6.07) is 14.4. The van der Waals surface area contributed by atoms with E-state index in [0.717, 1.165) is 5.56 Å². The maximum Gasteiger partial charge on any atom is 0.247 e. The van der Waals surface area contributed by atoms with Crippen LogP contribution in [0, 0.1) is 5.92 Å². The van der Waals surface area contributed by atoms with E-state index in [4.69, 9.17) is 0 Å². The first-order valence-electron chi connectivity index (χ1n) is 8.23. The molecule has 5 nitrogen and oxygen atoms in total. The molecule has 0 fully saturated rings. The minimum absolute atomic E-state index is 0.414. The fourth-order valence-electron chi connectivity index (χ4n) is 3.20.